The van der Waals surface area contributed by atoms with Crippen LogP contribution < -0.4 is 15.8 Å². The Bertz CT molecular complexity index is 524. The monoisotopic (exact) mass is 331 g/mol. The van der Waals surface area contributed by atoms with E-state index in [4.69, 9.17) is 5.73 Å². The molecule has 23 heavy (non-hydrogen) atoms. The van der Waals surface area contributed by atoms with Crippen LogP contribution in [0.2, 0.25) is 0 Å². The van der Waals surface area contributed by atoms with Gasteiger partial charge in [-0.15, -0.1) is 13.2 Å². The van der Waals surface area contributed by atoms with E-state index in [0.29, 0.717) is 24.7 Å². The molecule has 8 heteroatoms. The van der Waals surface area contributed by atoms with Crippen molar-refractivity contribution in [3.05, 3.63) is 24.3 Å². The quantitative estimate of drug-likeness (QED) is 0.894. The first-order chi connectivity index (χ1) is 10.7. The molecule has 0 spiro atoms. The Balaban J connectivity index is 1.86. The molecule has 0 aliphatic carbocycles. The molecule has 1 saturated heterocycles. The second-order valence-electron chi connectivity index (χ2n) is 5.69. The largest absolute Gasteiger partial charge is 0.573 e. The number of benzene rings is 1. The van der Waals surface area contributed by atoms with E-state index >= 15 is 0 Å². The summed E-state index contributed by atoms with van der Waals surface area (Å²) in [4.78, 5) is 13.8. The maximum absolute atomic E-state index is 12.1. The molecule has 0 radical (unpaired) electrons. The number of nitrogens with one attached hydrogen (secondary N) is 1. The number of hydrogen-bond acceptors (Lipinski definition) is 3. The van der Waals surface area contributed by atoms with Gasteiger partial charge in [-0.2, -0.15) is 0 Å². The lowest BCUT2D eigenvalue weighted by Crippen LogP contribution is -2.44. The van der Waals surface area contributed by atoms with Crippen molar-refractivity contribution in [1.29, 1.82) is 0 Å². The standard InChI is InChI=1S/C15H20F3N3O2/c1-10(19)11-6-8-21(9-7-11)14(22)20-12-2-4-13(5-3-12)23-15(16,17)18/h2-5,10-11H,6-9,19H2,1H3,(H,20,22). The van der Waals surface area contributed by atoms with Crippen molar-refractivity contribution in [2.45, 2.75) is 32.2 Å². The van der Waals surface area contributed by atoms with E-state index in [1.807, 2.05) is 6.92 Å². The SMILES string of the molecule is CC(N)C1CCN(C(=O)Nc2ccc(OC(F)(F)F)cc2)CC1. The van der Waals surface area contributed by atoms with Crippen LogP contribution in [0.25, 0.3) is 0 Å². The summed E-state index contributed by atoms with van der Waals surface area (Å²) in [6, 6.07) is 4.90. The summed E-state index contributed by atoms with van der Waals surface area (Å²) in [5.41, 5.74) is 6.27. The Hall–Kier alpha value is -1.96. The highest BCUT2D eigenvalue weighted by molar-refractivity contribution is 5.89. The zero-order chi connectivity index (χ0) is 17.0. The van der Waals surface area contributed by atoms with Gasteiger partial charge in [-0.1, -0.05) is 0 Å². The molecule has 1 atom stereocenters. The molecule has 1 aliphatic heterocycles. The number of piperidine rings is 1. The van der Waals surface area contributed by atoms with E-state index < -0.39 is 6.36 Å². The molecular weight excluding hydrogens is 311 g/mol. The lowest BCUT2D eigenvalue weighted by molar-refractivity contribution is -0.274. The predicted octanol–water partition coefficient (Wildman–Crippen LogP) is 3.18. The number of nitrogens with zero attached hydrogens (tertiary/aromatic N) is 1. The summed E-state index contributed by atoms with van der Waals surface area (Å²) < 4.78 is 40.0. The van der Waals surface area contributed by atoms with Gasteiger partial charge in [-0.3, -0.25) is 0 Å². The number of alkyl halides is 3. The number of amides is 2. The highest BCUT2D eigenvalue weighted by atomic mass is 19.4. The van der Waals surface area contributed by atoms with Gasteiger partial charge in [0.05, 0.1) is 0 Å². The average Bonchev–Trinajstić information content (AvgIpc) is 2.48. The maximum atomic E-state index is 12.1. The first kappa shape index (κ1) is 17.4. The third-order valence-corrected chi connectivity index (χ3v) is 3.91. The number of halogens is 3. The Morgan fingerprint density at radius 1 is 1.30 bits per heavy atom. The number of urea groups is 1. The fraction of sp³-hybridized carbons (Fsp3) is 0.533. The molecule has 1 aliphatic rings. The number of carbonyl (C=O) groups excluding carboxylic acids is 1. The van der Waals surface area contributed by atoms with Crippen molar-refractivity contribution in [3.63, 3.8) is 0 Å². The number of rotatable bonds is 3. The van der Waals surface area contributed by atoms with Gasteiger partial charge in [0.15, 0.2) is 0 Å². The molecule has 1 unspecified atom stereocenters. The summed E-state index contributed by atoms with van der Waals surface area (Å²) in [5.74, 6) is 0.0890. The number of ether oxygens (including phenoxy) is 1. The summed E-state index contributed by atoms with van der Waals surface area (Å²) in [6.45, 7) is 3.20. The molecule has 2 amide bonds. The molecule has 1 aromatic rings. The summed E-state index contributed by atoms with van der Waals surface area (Å²) >= 11 is 0. The van der Waals surface area contributed by atoms with Gasteiger partial charge >= 0.3 is 12.4 Å². The van der Waals surface area contributed by atoms with E-state index in [0.717, 1.165) is 25.0 Å². The molecule has 0 bridgehead atoms. The first-order valence-corrected chi connectivity index (χ1v) is 7.42. The van der Waals surface area contributed by atoms with Crippen molar-refractivity contribution in [2.24, 2.45) is 11.7 Å². The summed E-state index contributed by atoms with van der Waals surface area (Å²) in [6.07, 6.45) is -3.03. The van der Waals surface area contributed by atoms with Crippen molar-refractivity contribution in [1.82, 2.24) is 4.90 Å². The van der Waals surface area contributed by atoms with Crippen LogP contribution in [0.5, 0.6) is 5.75 Å². The van der Waals surface area contributed by atoms with Crippen LogP contribution in [-0.4, -0.2) is 36.4 Å². The Morgan fingerprint density at radius 3 is 2.35 bits per heavy atom. The minimum Gasteiger partial charge on any atom is -0.406 e. The van der Waals surface area contributed by atoms with Crippen LogP contribution in [0.4, 0.5) is 23.7 Å². The maximum Gasteiger partial charge on any atom is 0.573 e. The van der Waals surface area contributed by atoms with Crippen molar-refractivity contribution < 1.29 is 22.7 Å². The summed E-state index contributed by atoms with van der Waals surface area (Å²) in [7, 11) is 0. The van der Waals surface area contributed by atoms with E-state index in [-0.39, 0.29) is 17.8 Å². The van der Waals surface area contributed by atoms with Gasteiger partial charge in [0.2, 0.25) is 0 Å². The van der Waals surface area contributed by atoms with Gasteiger partial charge in [0, 0.05) is 24.8 Å². The van der Waals surface area contributed by atoms with Crippen LogP contribution in [0.1, 0.15) is 19.8 Å². The minimum absolute atomic E-state index is 0.112. The number of carbonyl (C=O) groups is 1. The highest BCUT2D eigenvalue weighted by Gasteiger charge is 2.31. The zero-order valence-corrected chi connectivity index (χ0v) is 12.8. The molecule has 1 fully saturated rings. The fourth-order valence-corrected chi connectivity index (χ4v) is 2.57. The van der Waals surface area contributed by atoms with E-state index in [9.17, 15) is 18.0 Å². The predicted molar refractivity (Wildman–Crippen MR) is 80.1 cm³/mol. The lowest BCUT2D eigenvalue weighted by Gasteiger charge is -2.33. The van der Waals surface area contributed by atoms with Gasteiger partial charge in [0.25, 0.3) is 0 Å². The fourth-order valence-electron chi connectivity index (χ4n) is 2.57. The van der Waals surface area contributed by atoms with Crippen molar-refractivity contribution in [3.8, 4) is 5.75 Å². The molecule has 5 nitrogen and oxygen atoms in total. The lowest BCUT2D eigenvalue weighted by atomic mass is 9.91. The van der Waals surface area contributed by atoms with Gasteiger partial charge in [-0.25, -0.2) is 4.79 Å². The van der Waals surface area contributed by atoms with E-state index in [1.165, 1.54) is 12.1 Å². The third kappa shape index (κ3) is 5.31. The normalized spacial score (nSPS) is 17.7. The number of nitrogens with two attached hydrogens (primary N) is 1. The molecule has 0 saturated carbocycles. The van der Waals surface area contributed by atoms with Crippen LogP contribution in [0.15, 0.2) is 24.3 Å². The Morgan fingerprint density at radius 2 is 1.87 bits per heavy atom. The van der Waals surface area contributed by atoms with E-state index in [1.54, 1.807) is 4.90 Å². The average molecular weight is 331 g/mol. The molecule has 128 valence electrons. The molecule has 3 N–H and O–H groups in total. The van der Waals surface area contributed by atoms with Crippen LogP contribution in [0.3, 0.4) is 0 Å². The van der Waals surface area contributed by atoms with Crippen molar-refractivity contribution in [2.75, 3.05) is 18.4 Å². The number of likely N-dealkylation sites (tertiary alicyclic amines) is 1. The Kier molecular flexibility index (Phi) is 5.35. The van der Waals surface area contributed by atoms with Gasteiger partial charge < -0.3 is 20.7 Å². The third-order valence-electron chi connectivity index (χ3n) is 3.91. The smallest absolute Gasteiger partial charge is 0.406 e. The van der Waals surface area contributed by atoms with Crippen LogP contribution in [-0.2, 0) is 0 Å². The molecular formula is C15H20F3N3O2. The number of anilines is 1. The number of hydrogen-bond donors (Lipinski definition) is 2. The topological polar surface area (TPSA) is 67.6 Å². The summed E-state index contributed by atoms with van der Waals surface area (Å²) in [5, 5.41) is 2.66. The van der Waals surface area contributed by atoms with Gasteiger partial charge in [-0.05, 0) is 49.9 Å². The van der Waals surface area contributed by atoms with Crippen molar-refractivity contribution >= 4 is 11.7 Å². The molecule has 1 aromatic carbocycles. The van der Waals surface area contributed by atoms with Crippen LogP contribution in [0, 0.1) is 5.92 Å². The second kappa shape index (κ2) is 7.08. The molecule has 1 heterocycles. The zero-order valence-electron chi connectivity index (χ0n) is 12.8. The second-order valence-corrected chi connectivity index (χ2v) is 5.69. The molecule has 0 aromatic heterocycles. The minimum atomic E-state index is -4.73. The van der Waals surface area contributed by atoms with Gasteiger partial charge in [0.1, 0.15) is 5.75 Å². The van der Waals surface area contributed by atoms with E-state index in [2.05, 4.69) is 10.1 Å². The Labute approximate surface area is 132 Å². The highest BCUT2D eigenvalue weighted by Crippen LogP contribution is 2.24. The molecule has 2 rings (SSSR count). The van der Waals surface area contributed by atoms with Crippen LogP contribution >= 0.6 is 0 Å². The first-order valence-electron chi connectivity index (χ1n) is 7.42.